The number of hydrogen-bond donors (Lipinski definition) is 3. The predicted octanol–water partition coefficient (Wildman–Crippen LogP) is 4.38. The summed E-state index contributed by atoms with van der Waals surface area (Å²) in [5, 5.41) is 18.2. The number of fused-ring (bicyclic) bond motifs is 1. The molecule has 0 spiro atoms. The van der Waals surface area contributed by atoms with Crippen LogP contribution in [-0.4, -0.2) is 42.4 Å². The molecule has 3 aromatic carbocycles. The molecule has 0 radical (unpaired) electrons. The molecule has 0 aromatic heterocycles. The molecule has 2 atom stereocenters. The maximum absolute atomic E-state index is 9.10. The molecular weight excluding hydrogens is 430 g/mol. The van der Waals surface area contributed by atoms with Crippen LogP contribution in [0.1, 0.15) is 29.5 Å². The summed E-state index contributed by atoms with van der Waals surface area (Å²) in [5.41, 5.74) is 4.03. The van der Waals surface area contributed by atoms with Crippen LogP contribution in [0.4, 0.5) is 0 Å². The number of benzene rings is 3. The summed E-state index contributed by atoms with van der Waals surface area (Å²) in [6, 6.07) is 30.4. The number of carboxylic acids is 2. The summed E-state index contributed by atoms with van der Waals surface area (Å²) >= 11 is 0. The largest absolute Gasteiger partial charge is 0.492 e. The molecule has 0 fully saturated rings. The molecule has 34 heavy (non-hydrogen) atoms. The van der Waals surface area contributed by atoms with Crippen molar-refractivity contribution in [2.75, 3.05) is 20.2 Å². The Bertz CT molecular complexity index is 1060. The minimum Gasteiger partial charge on any atom is -0.492 e. The van der Waals surface area contributed by atoms with Gasteiger partial charge < -0.3 is 20.3 Å². The fourth-order valence-electron chi connectivity index (χ4n) is 4.72. The number of hydrogen-bond acceptors (Lipinski definition) is 4. The van der Waals surface area contributed by atoms with Gasteiger partial charge in [-0.1, -0.05) is 78.9 Å². The van der Waals surface area contributed by atoms with Crippen molar-refractivity contribution in [3.8, 4) is 5.75 Å². The van der Waals surface area contributed by atoms with E-state index in [1.807, 2.05) is 7.05 Å². The first-order chi connectivity index (χ1) is 16.5. The fourth-order valence-corrected chi connectivity index (χ4v) is 4.72. The van der Waals surface area contributed by atoms with Crippen molar-refractivity contribution < 1.29 is 24.5 Å². The average molecular weight is 462 g/mol. The van der Waals surface area contributed by atoms with Crippen LogP contribution < -0.4 is 10.1 Å². The van der Waals surface area contributed by atoms with Gasteiger partial charge in [-0.2, -0.15) is 0 Å². The Morgan fingerprint density at radius 2 is 1.47 bits per heavy atom. The van der Waals surface area contributed by atoms with E-state index in [2.05, 4.69) is 90.2 Å². The Balaban J connectivity index is 0.000000481. The van der Waals surface area contributed by atoms with Gasteiger partial charge in [0.2, 0.25) is 0 Å². The smallest absolute Gasteiger partial charge is 0.414 e. The highest BCUT2D eigenvalue weighted by atomic mass is 16.5. The Morgan fingerprint density at radius 3 is 2.09 bits per heavy atom. The molecule has 3 aromatic rings. The molecule has 0 bridgehead atoms. The number of carbonyl (C=O) groups is 2. The van der Waals surface area contributed by atoms with E-state index in [0.717, 1.165) is 38.2 Å². The van der Waals surface area contributed by atoms with E-state index in [4.69, 9.17) is 24.5 Å². The summed E-state index contributed by atoms with van der Waals surface area (Å²) in [5.74, 6) is -2.11. The molecule has 6 nitrogen and oxygen atoms in total. The molecule has 178 valence electrons. The van der Waals surface area contributed by atoms with Gasteiger partial charge in [-0.3, -0.25) is 0 Å². The number of aryl methyl sites for hydroxylation is 1. The second-order valence-corrected chi connectivity index (χ2v) is 8.35. The third-order valence-corrected chi connectivity index (χ3v) is 6.36. The van der Waals surface area contributed by atoms with Gasteiger partial charge in [-0.05, 0) is 56.0 Å². The van der Waals surface area contributed by atoms with Crippen molar-refractivity contribution in [3.05, 3.63) is 102 Å². The van der Waals surface area contributed by atoms with Gasteiger partial charge in [0.25, 0.3) is 0 Å². The first kappa shape index (κ1) is 25.0. The highest BCUT2D eigenvalue weighted by Gasteiger charge is 2.47. The first-order valence-corrected chi connectivity index (χ1v) is 11.4. The van der Waals surface area contributed by atoms with Crippen molar-refractivity contribution >= 4 is 11.9 Å². The topological polar surface area (TPSA) is 95.9 Å². The molecule has 0 aliphatic carbocycles. The number of carboxylic acid groups (broad SMARTS) is 2. The predicted molar refractivity (Wildman–Crippen MR) is 131 cm³/mol. The minimum absolute atomic E-state index is 0.0938. The third-order valence-electron chi connectivity index (χ3n) is 6.36. The Labute approximate surface area is 200 Å². The quantitative estimate of drug-likeness (QED) is 0.431. The normalized spacial score (nSPS) is 17.0. The van der Waals surface area contributed by atoms with E-state index >= 15 is 0 Å². The zero-order chi connectivity index (χ0) is 24.4. The number of rotatable bonds is 8. The lowest BCUT2D eigenvalue weighted by molar-refractivity contribution is -0.159. The van der Waals surface area contributed by atoms with E-state index < -0.39 is 11.9 Å². The summed E-state index contributed by atoms with van der Waals surface area (Å²) in [6.45, 7) is 1.73. The van der Waals surface area contributed by atoms with E-state index in [9.17, 15) is 0 Å². The molecule has 4 rings (SSSR count). The maximum atomic E-state index is 9.10. The zero-order valence-corrected chi connectivity index (χ0v) is 19.3. The van der Waals surface area contributed by atoms with E-state index in [0.29, 0.717) is 5.92 Å². The highest BCUT2D eigenvalue weighted by Crippen LogP contribution is 2.50. The van der Waals surface area contributed by atoms with Gasteiger partial charge in [0.1, 0.15) is 12.4 Å². The summed E-state index contributed by atoms with van der Waals surface area (Å²) in [4.78, 5) is 18.2. The minimum atomic E-state index is -1.82. The standard InChI is InChI=1S/C26H29NO.C2H2O4/c1-27-19-18-23(17-16-21-10-4-2-5-11-21)26(22-12-6-3-7-13-22)20-28-25-15-9-8-14-24(25)26;3-1(4)2(5)6/h2-15,23,27H,16-20H2,1H3;(H,3,4)(H,5,6). The molecule has 0 amide bonds. The maximum Gasteiger partial charge on any atom is 0.414 e. The average Bonchev–Trinajstić information content (AvgIpc) is 3.26. The molecule has 2 unspecified atom stereocenters. The van der Waals surface area contributed by atoms with Gasteiger partial charge in [0.15, 0.2) is 0 Å². The first-order valence-electron chi connectivity index (χ1n) is 11.4. The van der Waals surface area contributed by atoms with Crippen molar-refractivity contribution in [1.82, 2.24) is 5.32 Å². The van der Waals surface area contributed by atoms with Crippen LogP contribution >= 0.6 is 0 Å². The van der Waals surface area contributed by atoms with Crippen LogP contribution in [-0.2, 0) is 21.4 Å². The van der Waals surface area contributed by atoms with E-state index in [-0.39, 0.29) is 5.41 Å². The van der Waals surface area contributed by atoms with Gasteiger partial charge in [0.05, 0.1) is 5.41 Å². The van der Waals surface area contributed by atoms with Crippen LogP contribution in [0.15, 0.2) is 84.9 Å². The summed E-state index contributed by atoms with van der Waals surface area (Å²) < 4.78 is 6.26. The molecule has 1 aliphatic rings. The third kappa shape index (κ3) is 5.83. The Morgan fingerprint density at radius 1 is 0.882 bits per heavy atom. The number of para-hydroxylation sites is 1. The van der Waals surface area contributed by atoms with Crippen molar-refractivity contribution in [1.29, 1.82) is 0 Å². The van der Waals surface area contributed by atoms with E-state index in [1.54, 1.807) is 0 Å². The lowest BCUT2D eigenvalue weighted by atomic mass is 9.64. The number of ether oxygens (including phenoxy) is 1. The van der Waals surface area contributed by atoms with Crippen LogP contribution in [0.3, 0.4) is 0 Å². The molecule has 1 heterocycles. The number of aliphatic carboxylic acids is 2. The van der Waals surface area contributed by atoms with Gasteiger partial charge in [-0.15, -0.1) is 0 Å². The van der Waals surface area contributed by atoms with Crippen LogP contribution in [0.5, 0.6) is 5.75 Å². The van der Waals surface area contributed by atoms with Crippen LogP contribution in [0, 0.1) is 5.92 Å². The van der Waals surface area contributed by atoms with Crippen molar-refractivity contribution in [3.63, 3.8) is 0 Å². The fraction of sp³-hybridized carbons (Fsp3) is 0.286. The molecule has 0 saturated heterocycles. The number of nitrogens with one attached hydrogen (secondary N) is 1. The molecular formula is C28H31NO5. The van der Waals surface area contributed by atoms with Crippen molar-refractivity contribution in [2.45, 2.75) is 24.7 Å². The highest BCUT2D eigenvalue weighted by molar-refractivity contribution is 6.27. The van der Waals surface area contributed by atoms with Crippen LogP contribution in [0.25, 0.3) is 0 Å². The molecule has 0 saturated carbocycles. The molecule has 6 heteroatoms. The summed E-state index contributed by atoms with van der Waals surface area (Å²) in [6.07, 6.45) is 3.35. The monoisotopic (exact) mass is 461 g/mol. The summed E-state index contributed by atoms with van der Waals surface area (Å²) in [7, 11) is 2.04. The molecule has 1 aliphatic heterocycles. The Kier molecular flexibility index (Phi) is 8.82. The molecule has 3 N–H and O–H groups in total. The Hall–Kier alpha value is -3.64. The van der Waals surface area contributed by atoms with E-state index in [1.165, 1.54) is 16.7 Å². The van der Waals surface area contributed by atoms with Gasteiger partial charge in [-0.25, -0.2) is 9.59 Å². The SMILES string of the molecule is CNCCC(CCc1ccccc1)C1(c2ccccc2)COc2ccccc21.O=C(O)C(=O)O. The zero-order valence-electron chi connectivity index (χ0n) is 19.3. The van der Waals surface area contributed by atoms with Gasteiger partial charge in [0, 0.05) is 5.56 Å². The second kappa shape index (κ2) is 12.0. The lowest BCUT2D eigenvalue weighted by Crippen LogP contribution is -2.40. The lowest BCUT2D eigenvalue weighted by Gasteiger charge is -2.38. The second-order valence-electron chi connectivity index (χ2n) is 8.35. The van der Waals surface area contributed by atoms with Crippen LogP contribution in [0.2, 0.25) is 0 Å². The van der Waals surface area contributed by atoms with Crippen molar-refractivity contribution in [2.24, 2.45) is 5.92 Å². The van der Waals surface area contributed by atoms with Gasteiger partial charge >= 0.3 is 11.9 Å².